The first kappa shape index (κ1) is 15.5. The Morgan fingerprint density at radius 1 is 1.14 bits per heavy atom. The second-order valence-electron chi connectivity index (χ2n) is 4.70. The number of hydrogen-bond acceptors (Lipinski definition) is 3. The number of hydrogen-bond donors (Lipinski definition) is 3. The Hall–Kier alpha value is -1.85. The number of carbonyl (C=O) groups is 1. The normalized spacial score (nSPS) is 11.9. The molecule has 0 fully saturated rings. The summed E-state index contributed by atoms with van der Waals surface area (Å²) < 4.78 is 0.947. The van der Waals surface area contributed by atoms with Gasteiger partial charge in [0, 0.05) is 16.8 Å². The van der Waals surface area contributed by atoms with Gasteiger partial charge in [-0.05, 0) is 41.8 Å². The Balaban J connectivity index is 2.16. The van der Waals surface area contributed by atoms with Crippen molar-refractivity contribution >= 4 is 27.5 Å². The van der Waals surface area contributed by atoms with Crippen molar-refractivity contribution in [3.63, 3.8) is 0 Å². The van der Waals surface area contributed by atoms with Gasteiger partial charge in [0.2, 0.25) is 5.91 Å². The van der Waals surface area contributed by atoms with Crippen molar-refractivity contribution in [3.05, 3.63) is 64.1 Å². The molecule has 0 spiro atoms. The number of anilines is 1. The molecule has 1 atom stereocenters. The summed E-state index contributed by atoms with van der Waals surface area (Å²) >= 11 is 3.36. The minimum absolute atomic E-state index is 0.121. The number of aliphatic hydroxyl groups excluding tert-OH is 1. The molecule has 0 unspecified atom stereocenters. The number of amides is 1. The number of primary amides is 1. The van der Waals surface area contributed by atoms with E-state index in [1.54, 1.807) is 0 Å². The van der Waals surface area contributed by atoms with Gasteiger partial charge >= 0.3 is 0 Å². The van der Waals surface area contributed by atoms with Crippen LogP contribution in [0.15, 0.2) is 53.0 Å². The van der Waals surface area contributed by atoms with Crippen LogP contribution < -0.4 is 11.1 Å². The Morgan fingerprint density at radius 3 is 2.29 bits per heavy atom. The maximum absolute atomic E-state index is 11.7. The van der Waals surface area contributed by atoms with Gasteiger partial charge in [0.15, 0.2) is 0 Å². The summed E-state index contributed by atoms with van der Waals surface area (Å²) in [6.45, 7) is 0.121. The van der Waals surface area contributed by atoms with E-state index >= 15 is 0 Å². The molecular formula is C16H17BrN2O2. The highest BCUT2D eigenvalue weighted by Gasteiger charge is 2.17. The summed E-state index contributed by atoms with van der Waals surface area (Å²) in [6.07, 6.45) is 0.617. The second-order valence-corrected chi connectivity index (χ2v) is 5.62. The van der Waals surface area contributed by atoms with Crippen LogP contribution in [-0.4, -0.2) is 17.6 Å². The van der Waals surface area contributed by atoms with Gasteiger partial charge in [0.1, 0.15) is 6.04 Å². The predicted octanol–water partition coefficient (Wildman–Crippen LogP) is 2.62. The zero-order valence-electron chi connectivity index (χ0n) is 11.4. The fourth-order valence-corrected chi connectivity index (χ4v) is 2.30. The maximum atomic E-state index is 11.7. The van der Waals surface area contributed by atoms with E-state index in [1.807, 2.05) is 48.5 Å². The van der Waals surface area contributed by atoms with Crippen LogP contribution in [0.25, 0.3) is 0 Å². The molecule has 2 aromatic carbocycles. The third kappa shape index (κ3) is 4.31. The maximum Gasteiger partial charge on any atom is 0.244 e. The number of halogens is 1. The zero-order valence-corrected chi connectivity index (χ0v) is 13.0. The van der Waals surface area contributed by atoms with Gasteiger partial charge in [-0.15, -0.1) is 0 Å². The lowest BCUT2D eigenvalue weighted by Crippen LogP contribution is -2.27. The van der Waals surface area contributed by atoms with Crippen molar-refractivity contribution in [3.8, 4) is 0 Å². The highest BCUT2D eigenvalue weighted by atomic mass is 79.9. The molecule has 0 radical (unpaired) electrons. The Bertz CT molecular complexity index is 597. The van der Waals surface area contributed by atoms with E-state index in [2.05, 4.69) is 21.2 Å². The van der Waals surface area contributed by atoms with Crippen LogP contribution in [0.5, 0.6) is 0 Å². The summed E-state index contributed by atoms with van der Waals surface area (Å²) in [5.74, 6) is -0.434. The van der Waals surface area contributed by atoms with Crippen LogP contribution in [0.2, 0.25) is 0 Å². The van der Waals surface area contributed by atoms with E-state index in [0.717, 1.165) is 21.3 Å². The van der Waals surface area contributed by atoms with Crippen molar-refractivity contribution < 1.29 is 9.90 Å². The lowest BCUT2D eigenvalue weighted by atomic mass is 10.1. The molecular weight excluding hydrogens is 332 g/mol. The lowest BCUT2D eigenvalue weighted by molar-refractivity contribution is -0.118. The van der Waals surface area contributed by atoms with Crippen LogP contribution in [0.3, 0.4) is 0 Å². The van der Waals surface area contributed by atoms with Crippen LogP contribution in [-0.2, 0) is 11.2 Å². The zero-order chi connectivity index (χ0) is 15.2. The van der Waals surface area contributed by atoms with Crippen LogP contribution in [0.1, 0.15) is 17.2 Å². The van der Waals surface area contributed by atoms with Gasteiger partial charge in [0.05, 0.1) is 0 Å². The van der Waals surface area contributed by atoms with Crippen LogP contribution >= 0.6 is 15.9 Å². The van der Waals surface area contributed by atoms with E-state index in [4.69, 9.17) is 10.8 Å². The van der Waals surface area contributed by atoms with Gasteiger partial charge in [0.25, 0.3) is 0 Å². The minimum Gasteiger partial charge on any atom is -0.396 e. The smallest absolute Gasteiger partial charge is 0.244 e. The van der Waals surface area contributed by atoms with E-state index in [0.29, 0.717) is 6.42 Å². The van der Waals surface area contributed by atoms with Gasteiger partial charge in [-0.1, -0.05) is 40.2 Å². The average molecular weight is 349 g/mol. The Kier molecular flexibility index (Phi) is 5.36. The van der Waals surface area contributed by atoms with Crippen molar-refractivity contribution in [2.45, 2.75) is 12.5 Å². The van der Waals surface area contributed by atoms with Gasteiger partial charge in [-0.2, -0.15) is 0 Å². The van der Waals surface area contributed by atoms with Crippen LogP contribution in [0.4, 0.5) is 5.69 Å². The molecule has 110 valence electrons. The number of nitrogens with one attached hydrogen (secondary N) is 1. The molecule has 0 aliphatic carbocycles. The molecule has 1 amide bonds. The van der Waals surface area contributed by atoms with Gasteiger partial charge < -0.3 is 16.2 Å². The van der Waals surface area contributed by atoms with Gasteiger partial charge in [-0.3, -0.25) is 4.79 Å². The third-order valence-corrected chi connectivity index (χ3v) is 3.68. The largest absolute Gasteiger partial charge is 0.396 e. The number of aliphatic hydroxyl groups is 1. The average Bonchev–Trinajstić information content (AvgIpc) is 2.47. The first-order valence-electron chi connectivity index (χ1n) is 6.61. The topological polar surface area (TPSA) is 75.4 Å². The molecule has 4 N–H and O–H groups in total. The summed E-state index contributed by atoms with van der Waals surface area (Å²) in [5.41, 5.74) is 8.15. The molecule has 0 bridgehead atoms. The number of rotatable bonds is 6. The fourth-order valence-electron chi connectivity index (χ4n) is 2.04. The van der Waals surface area contributed by atoms with Gasteiger partial charge in [-0.25, -0.2) is 0 Å². The first-order valence-corrected chi connectivity index (χ1v) is 7.40. The predicted molar refractivity (Wildman–Crippen MR) is 86.9 cm³/mol. The molecule has 0 aromatic heterocycles. The summed E-state index contributed by atoms with van der Waals surface area (Å²) in [6, 6.07) is 14.4. The second kappa shape index (κ2) is 7.24. The van der Waals surface area contributed by atoms with E-state index in [1.165, 1.54) is 0 Å². The highest BCUT2D eigenvalue weighted by Crippen LogP contribution is 2.22. The van der Waals surface area contributed by atoms with Crippen molar-refractivity contribution in [2.24, 2.45) is 5.73 Å². The molecule has 0 saturated heterocycles. The van der Waals surface area contributed by atoms with Crippen LogP contribution in [0, 0.1) is 0 Å². The molecule has 0 heterocycles. The molecule has 2 aromatic rings. The summed E-state index contributed by atoms with van der Waals surface area (Å²) in [7, 11) is 0. The van der Waals surface area contributed by atoms with E-state index in [9.17, 15) is 4.79 Å². The standard InChI is InChI=1S/C16H17BrN2O2/c17-13-5-3-12(4-6-13)15(16(18)21)19-14-7-1-11(2-8-14)9-10-20/h1-8,15,19-20H,9-10H2,(H2,18,21)/t15-/m0/s1. The Morgan fingerprint density at radius 2 is 1.76 bits per heavy atom. The quantitative estimate of drug-likeness (QED) is 0.751. The molecule has 0 aliphatic rings. The molecule has 0 aliphatic heterocycles. The van der Waals surface area contributed by atoms with E-state index in [-0.39, 0.29) is 6.61 Å². The van der Waals surface area contributed by atoms with Crippen molar-refractivity contribution in [1.82, 2.24) is 0 Å². The minimum atomic E-state index is -0.582. The first-order chi connectivity index (χ1) is 10.1. The number of carbonyl (C=O) groups excluding carboxylic acids is 1. The molecule has 5 heteroatoms. The lowest BCUT2D eigenvalue weighted by Gasteiger charge is -2.17. The van der Waals surface area contributed by atoms with E-state index < -0.39 is 11.9 Å². The monoisotopic (exact) mass is 348 g/mol. The Labute approximate surface area is 132 Å². The van der Waals surface area contributed by atoms with Crippen molar-refractivity contribution in [2.75, 3.05) is 11.9 Å². The molecule has 21 heavy (non-hydrogen) atoms. The van der Waals surface area contributed by atoms with Crippen molar-refractivity contribution in [1.29, 1.82) is 0 Å². The molecule has 0 saturated carbocycles. The molecule has 4 nitrogen and oxygen atoms in total. The number of benzene rings is 2. The SMILES string of the molecule is NC(=O)[C@@H](Nc1ccc(CCO)cc1)c1ccc(Br)cc1. The summed E-state index contributed by atoms with van der Waals surface area (Å²) in [5, 5.41) is 12.0. The highest BCUT2D eigenvalue weighted by molar-refractivity contribution is 9.10. The number of nitrogens with two attached hydrogens (primary N) is 1. The third-order valence-electron chi connectivity index (χ3n) is 3.15. The fraction of sp³-hybridized carbons (Fsp3) is 0.188. The molecule has 2 rings (SSSR count). The summed E-state index contributed by atoms with van der Waals surface area (Å²) in [4.78, 5) is 11.7.